The molecular formula is C29H29Cl4N3O4S. The second kappa shape index (κ2) is 13.7. The monoisotopic (exact) mass is 655 g/mol. The van der Waals surface area contributed by atoms with Crippen LogP contribution in [0.2, 0.25) is 20.1 Å². The molecule has 1 N–H and O–H groups in total. The molecule has 0 saturated heterocycles. The van der Waals surface area contributed by atoms with E-state index in [9.17, 15) is 18.0 Å². The van der Waals surface area contributed by atoms with Crippen molar-refractivity contribution >= 4 is 73.9 Å². The average molecular weight is 657 g/mol. The van der Waals surface area contributed by atoms with Crippen molar-refractivity contribution in [1.29, 1.82) is 0 Å². The molecule has 0 bridgehead atoms. The van der Waals surface area contributed by atoms with Crippen LogP contribution in [0.5, 0.6) is 0 Å². The van der Waals surface area contributed by atoms with Gasteiger partial charge in [0.05, 0.1) is 15.6 Å². The Balaban J connectivity index is 1.72. The summed E-state index contributed by atoms with van der Waals surface area (Å²) in [7, 11) is -4.26. The number of carbonyl (C=O) groups is 2. The van der Waals surface area contributed by atoms with Gasteiger partial charge in [-0.15, -0.1) is 0 Å². The molecule has 1 atom stereocenters. The lowest BCUT2D eigenvalue weighted by Gasteiger charge is -2.33. The number of anilines is 1. The van der Waals surface area contributed by atoms with Crippen LogP contribution in [-0.2, 0) is 26.2 Å². The number of carbonyl (C=O) groups excluding carboxylic acids is 2. The van der Waals surface area contributed by atoms with Crippen LogP contribution in [0.25, 0.3) is 0 Å². The molecule has 0 radical (unpaired) electrons. The van der Waals surface area contributed by atoms with E-state index >= 15 is 0 Å². The van der Waals surface area contributed by atoms with Crippen molar-refractivity contribution in [3.63, 3.8) is 0 Å². The molecule has 41 heavy (non-hydrogen) atoms. The highest BCUT2D eigenvalue weighted by Gasteiger charge is 2.34. The zero-order valence-corrected chi connectivity index (χ0v) is 26.0. The lowest BCUT2D eigenvalue weighted by atomic mass is 10.1. The lowest BCUT2D eigenvalue weighted by molar-refractivity contribution is -0.139. The van der Waals surface area contributed by atoms with Gasteiger partial charge < -0.3 is 10.2 Å². The molecule has 2 amide bonds. The van der Waals surface area contributed by atoms with Crippen LogP contribution in [0.4, 0.5) is 5.69 Å². The summed E-state index contributed by atoms with van der Waals surface area (Å²) in [4.78, 5) is 28.7. The largest absolute Gasteiger partial charge is 0.352 e. The van der Waals surface area contributed by atoms with Crippen molar-refractivity contribution in [1.82, 2.24) is 10.2 Å². The third kappa shape index (κ3) is 7.67. The maximum absolute atomic E-state index is 14.1. The first kappa shape index (κ1) is 31.4. The fourth-order valence-electron chi connectivity index (χ4n) is 4.72. The SMILES string of the molecule is CC(C(=O)NC1CCCC1)N(Cc1ccc(Cl)cc1Cl)C(=O)CN(c1ccc(Cl)cc1Cl)S(=O)(=O)c1ccccc1. The summed E-state index contributed by atoms with van der Waals surface area (Å²) in [6, 6.07) is 16.0. The minimum atomic E-state index is -4.26. The van der Waals surface area contributed by atoms with Crippen molar-refractivity contribution in [2.24, 2.45) is 0 Å². The van der Waals surface area contributed by atoms with Crippen molar-refractivity contribution in [2.75, 3.05) is 10.8 Å². The van der Waals surface area contributed by atoms with Crippen LogP contribution in [0, 0.1) is 0 Å². The van der Waals surface area contributed by atoms with Crippen molar-refractivity contribution in [3.8, 4) is 0 Å². The molecule has 0 aromatic heterocycles. The molecule has 3 aromatic carbocycles. The second-order valence-corrected chi connectivity index (χ2v) is 13.4. The van der Waals surface area contributed by atoms with Crippen LogP contribution in [0.3, 0.4) is 0 Å². The molecule has 0 spiro atoms. The minimum Gasteiger partial charge on any atom is -0.352 e. The van der Waals surface area contributed by atoms with Crippen molar-refractivity contribution in [3.05, 3.63) is 92.4 Å². The fraction of sp³-hybridized carbons (Fsp3) is 0.310. The Labute approximate surface area is 260 Å². The van der Waals surface area contributed by atoms with E-state index in [1.165, 1.54) is 35.2 Å². The number of sulfonamides is 1. The molecule has 12 heteroatoms. The summed E-state index contributed by atoms with van der Waals surface area (Å²) >= 11 is 25.0. The Hall–Kier alpha value is -2.49. The van der Waals surface area contributed by atoms with Gasteiger partial charge in [0.25, 0.3) is 10.0 Å². The van der Waals surface area contributed by atoms with Gasteiger partial charge in [-0.25, -0.2) is 8.42 Å². The van der Waals surface area contributed by atoms with E-state index in [0.717, 1.165) is 30.0 Å². The summed E-state index contributed by atoms with van der Waals surface area (Å²) in [5.41, 5.74) is 0.618. The smallest absolute Gasteiger partial charge is 0.264 e. The Bertz CT molecular complexity index is 1520. The van der Waals surface area contributed by atoms with Crippen LogP contribution < -0.4 is 9.62 Å². The molecule has 0 aliphatic heterocycles. The Kier molecular flexibility index (Phi) is 10.5. The van der Waals surface area contributed by atoms with E-state index in [0.29, 0.717) is 20.6 Å². The molecule has 3 aromatic rings. The number of benzene rings is 3. The van der Waals surface area contributed by atoms with Gasteiger partial charge in [-0.2, -0.15) is 0 Å². The number of hydrogen-bond acceptors (Lipinski definition) is 4. The summed E-state index contributed by atoms with van der Waals surface area (Å²) in [5.74, 6) is -0.965. The zero-order chi connectivity index (χ0) is 29.7. The van der Waals surface area contributed by atoms with Gasteiger partial charge in [0.15, 0.2) is 0 Å². The maximum Gasteiger partial charge on any atom is 0.264 e. The molecule has 7 nitrogen and oxygen atoms in total. The second-order valence-electron chi connectivity index (χ2n) is 9.84. The molecule has 1 fully saturated rings. The van der Waals surface area contributed by atoms with Gasteiger partial charge in [-0.3, -0.25) is 13.9 Å². The van der Waals surface area contributed by atoms with Gasteiger partial charge in [0.2, 0.25) is 11.8 Å². The fourth-order valence-corrected chi connectivity index (χ4v) is 7.21. The van der Waals surface area contributed by atoms with E-state index in [1.807, 2.05) is 0 Å². The molecule has 218 valence electrons. The molecule has 4 rings (SSSR count). The number of nitrogens with zero attached hydrogens (tertiary/aromatic N) is 2. The summed E-state index contributed by atoms with van der Waals surface area (Å²) in [5, 5.41) is 4.11. The van der Waals surface area contributed by atoms with Gasteiger partial charge >= 0.3 is 0 Å². The van der Waals surface area contributed by atoms with E-state index in [1.54, 1.807) is 43.3 Å². The quantitative estimate of drug-likeness (QED) is 0.255. The van der Waals surface area contributed by atoms with Gasteiger partial charge in [0.1, 0.15) is 12.6 Å². The van der Waals surface area contributed by atoms with E-state index < -0.39 is 28.5 Å². The van der Waals surface area contributed by atoms with Gasteiger partial charge in [-0.1, -0.05) is 83.5 Å². The van der Waals surface area contributed by atoms with Crippen LogP contribution in [0.15, 0.2) is 71.6 Å². The van der Waals surface area contributed by atoms with E-state index in [-0.39, 0.29) is 34.1 Å². The molecule has 1 saturated carbocycles. The number of halogens is 4. The van der Waals surface area contributed by atoms with Gasteiger partial charge in [-0.05, 0) is 67.8 Å². The first-order valence-electron chi connectivity index (χ1n) is 13.0. The number of amides is 2. The Morgan fingerprint density at radius 1 is 0.902 bits per heavy atom. The molecular weight excluding hydrogens is 628 g/mol. The lowest BCUT2D eigenvalue weighted by Crippen LogP contribution is -2.52. The summed E-state index contributed by atoms with van der Waals surface area (Å²) in [6.45, 7) is 0.920. The maximum atomic E-state index is 14.1. The summed E-state index contributed by atoms with van der Waals surface area (Å²) < 4.78 is 28.7. The zero-order valence-electron chi connectivity index (χ0n) is 22.2. The van der Waals surface area contributed by atoms with Crippen LogP contribution in [0.1, 0.15) is 38.2 Å². The predicted octanol–water partition coefficient (Wildman–Crippen LogP) is 6.97. The number of nitrogens with one attached hydrogen (secondary N) is 1. The average Bonchev–Trinajstić information content (AvgIpc) is 3.44. The standard InChI is InChI=1S/C29H29Cl4N3O4S/c1-19(29(38)34-23-7-5-6-8-23)35(17-20-11-12-21(30)15-25(20)32)28(37)18-36(27-14-13-22(31)16-26(27)33)41(39,40)24-9-3-2-4-10-24/h2-4,9-16,19,23H,5-8,17-18H2,1H3,(H,34,38). The first-order valence-corrected chi connectivity index (χ1v) is 16.0. The number of rotatable bonds is 10. The Morgan fingerprint density at radius 3 is 2.12 bits per heavy atom. The highest BCUT2D eigenvalue weighted by molar-refractivity contribution is 7.92. The molecule has 0 heterocycles. The molecule has 1 aliphatic rings. The third-order valence-electron chi connectivity index (χ3n) is 7.01. The van der Waals surface area contributed by atoms with E-state index in [4.69, 9.17) is 46.4 Å². The normalized spacial score (nSPS) is 14.5. The van der Waals surface area contributed by atoms with Crippen molar-refractivity contribution < 1.29 is 18.0 Å². The first-order chi connectivity index (χ1) is 19.5. The van der Waals surface area contributed by atoms with Crippen LogP contribution in [-0.4, -0.2) is 43.8 Å². The highest BCUT2D eigenvalue weighted by Crippen LogP contribution is 2.33. The third-order valence-corrected chi connectivity index (χ3v) is 9.91. The predicted molar refractivity (Wildman–Crippen MR) is 164 cm³/mol. The Morgan fingerprint density at radius 2 is 1.51 bits per heavy atom. The highest BCUT2D eigenvalue weighted by atomic mass is 35.5. The summed E-state index contributed by atoms with van der Waals surface area (Å²) in [6.07, 6.45) is 3.79. The number of hydrogen-bond donors (Lipinski definition) is 1. The minimum absolute atomic E-state index is 0.0295. The van der Waals surface area contributed by atoms with E-state index in [2.05, 4.69) is 5.32 Å². The molecule has 1 unspecified atom stereocenters. The topological polar surface area (TPSA) is 86.8 Å². The van der Waals surface area contributed by atoms with Crippen LogP contribution >= 0.6 is 46.4 Å². The van der Waals surface area contributed by atoms with Gasteiger partial charge in [0, 0.05) is 27.7 Å². The van der Waals surface area contributed by atoms with Crippen molar-refractivity contribution in [2.45, 2.75) is 56.1 Å². The molecule has 1 aliphatic carbocycles.